The molecule has 0 aliphatic rings. The topological polar surface area (TPSA) is 17.1 Å². The minimum atomic E-state index is 0.0558. The van der Waals surface area contributed by atoms with Crippen LogP contribution in [0.1, 0.15) is 17.3 Å². The number of rotatable bonds is 3. The minimum absolute atomic E-state index is 0.0558. The third-order valence-corrected chi connectivity index (χ3v) is 2.22. The fourth-order valence-electron chi connectivity index (χ4n) is 1.44. The summed E-state index contributed by atoms with van der Waals surface area (Å²) in [4.78, 5) is 11.9. The van der Waals surface area contributed by atoms with Crippen molar-refractivity contribution in [1.29, 1.82) is 0 Å². The lowest BCUT2D eigenvalue weighted by molar-refractivity contribution is 0.0993. The summed E-state index contributed by atoms with van der Waals surface area (Å²) in [5, 5.41) is 0. The van der Waals surface area contributed by atoms with Crippen LogP contribution >= 0.6 is 0 Å². The summed E-state index contributed by atoms with van der Waals surface area (Å²) in [6.45, 7) is 0. The van der Waals surface area contributed by atoms with Gasteiger partial charge in [-0.25, -0.2) is 0 Å². The smallest absolute Gasteiger partial charge is 0.167 e. The molecule has 0 amide bonds. The van der Waals surface area contributed by atoms with E-state index in [1.54, 1.807) is 24.3 Å². The lowest BCUT2D eigenvalue weighted by atomic mass is 10.0. The van der Waals surface area contributed by atoms with Gasteiger partial charge in [-0.3, -0.25) is 4.79 Å². The summed E-state index contributed by atoms with van der Waals surface area (Å²) in [6, 6.07) is 16.8. The SMILES string of the molecule is [3H]c1ccccc1CC(=O)c1ccccc1. The van der Waals surface area contributed by atoms with Crippen LogP contribution in [0.4, 0.5) is 0 Å². The number of benzene rings is 2. The summed E-state index contributed by atoms with van der Waals surface area (Å²) in [7, 11) is 0. The second kappa shape index (κ2) is 4.56. The van der Waals surface area contributed by atoms with E-state index in [0.717, 1.165) is 5.56 Å². The Morgan fingerprint density at radius 1 is 1.00 bits per heavy atom. The molecule has 2 rings (SSSR count). The molecule has 0 aromatic heterocycles. The molecule has 0 bridgehead atoms. The molecule has 15 heavy (non-hydrogen) atoms. The molecule has 2 aromatic carbocycles. The van der Waals surface area contributed by atoms with Gasteiger partial charge in [-0.1, -0.05) is 60.6 Å². The normalized spacial score (nSPS) is 10.8. The van der Waals surface area contributed by atoms with E-state index in [1.807, 2.05) is 30.3 Å². The van der Waals surface area contributed by atoms with E-state index in [-0.39, 0.29) is 5.78 Å². The number of carbonyl (C=O) groups excluding carboxylic acids is 1. The quantitative estimate of drug-likeness (QED) is 0.692. The molecule has 0 N–H and O–H groups in total. The van der Waals surface area contributed by atoms with Gasteiger partial charge >= 0.3 is 0 Å². The standard InChI is InChI=1S/C14H12O/c15-14(13-9-5-2-6-10-13)11-12-7-3-1-4-8-12/h1-10H,11H2/i7T. The minimum Gasteiger partial charge on any atom is -0.294 e. The van der Waals surface area contributed by atoms with E-state index >= 15 is 0 Å². The third-order valence-electron chi connectivity index (χ3n) is 2.22. The molecule has 0 spiro atoms. The maximum absolute atomic E-state index is 11.9. The van der Waals surface area contributed by atoms with Crippen LogP contribution in [0.5, 0.6) is 0 Å². The molecule has 0 saturated carbocycles. The lowest BCUT2D eigenvalue weighted by Crippen LogP contribution is -2.02. The number of hydrogen-bond donors (Lipinski definition) is 0. The first kappa shape index (κ1) is 8.42. The van der Waals surface area contributed by atoms with Crippen molar-refractivity contribution < 1.29 is 6.17 Å². The second-order valence-corrected chi connectivity index (χ2v) is 3.35. The fourth-order valence-corrected chi connectivity index (χ4v) is 1.44. The van der Waals surface area contributed by atoms with Gasteiger partial charge in [-0.15, -0.1) is 0 Å². The van der Waals surface area contributed by atoms with Crippen LogP contribution in [-0.2, 0) is 6.42 Å². The van der Waals surface area contributed by atoms with Crippen molar-refractivity contribution in [1.82, 2.24) is 0 Å². The van der Waals surface area contributed by atoms with E-state index in [0.29, 0.717) is 18.0 Å². The molecule has 1 nitrogen and oxygen atoms in total. The first-order valence-corrected chi connectivity index (χ1v) is 4.90. The first-order chi connectivity index (χ1) is 7.77. The number of ketones is 1. The Hall–Kier alpha value is -1.89. The number of carbonyl (C=O) groups is 1. The van der Waals surface area contributed by atoms with E-state index in [2.05, 4.69) is 0 Å². The van der Waals surface area contributed by atoms with E-state index in [1.165, 1.54) is 0 Å². The summed E-state index contributed by atoms with van der Waals surface area (Å²) >= 11 is 0. The molecule has 1 heteroatoms. The molecule has 0 radical (unpaired) electrons. The average molecular weight is 198 g/mol. The molecule has 0 saturated heterocycles. The highest BCUT2D eigenvalue weighted by Crippen LogP contribution is 2.06. The Morgan fingerprint density at radius 3 is 2.40 bits per heavy atom. The van der Waals surface area contributed by atoms with Crippen LogP contribution < -0.4 is 0 Å². The van der Waals surface area contributed by atoms with Gasteiger partial charge in [0.15, 0.2) is 5.78 Å². The van der Waals surface area contributed by atoms with Crippen LogP contribution in [-0.4, -0.2) is 5.78 Å². The predicted octanol–water partition coefficient (Wildman–Crippen LogP) is 3.11. The molecule has 0 heterocycles. The van der Waals surface area contributed by atoms with Crippen LogP contribution in [0, 0.1) is 0 Å². The van der Waals surface area contributed by atoms with Crippen LogP contribution in [0.2, 0.25) is 0 Å². The number of hydrogen-bond acceptors (Lipinski definition) is 1. The van der Waals surface area contributed by atoms with Crippen molar-refractivity contribution in [2.45, 2.75) is 6.42 Å². The fraction of sp³-hybridized carbons (Fsp3) is 0.0714. The molecule has 0 unspecified atom stereocenters. The molecular weight excluding hydrogens is 184 g/mol. The molecule has 0 aliphatic heterocycles. The number of Topliss-reactive ketones (excluding diaryl/α,β-unsaturated/α-hetero) is 1. The van der Waals surface area contributed by atoms with E-state index < -0.39 is 0 Å². The van der Waals surface area contributed by atoms with Crippen molar-refractivity contribution in [3.8, 4) is 0 Å². The van der Waals surface area contributed by atoms with E-state index in [4.69, 9.17) is 1.37 Å². The van der Waals surface area contributed by atoms with Crippen LogP contribution in [0.15, 0.2) is 60.6 Å². The zero-order valence-electron chi connectivity index (χ0n) is 9.31. The monoisotopic (exact) mass is 198 g/mol. The van der Waals surface area contributed by atoms with Gasteiger partial charge in [0.05, 0.1) is 1.37 Å². The Bertz CT molecular complexity index is 491. The van der Waals surface area contributed by atoms with Crippen molar-refractivity contribution in [2.24, 2.45) is 0 Å². The maximum atomic E-state index is 11.9. The Morgan fingerprint density at radius 2 is 1.67 bits per heavy atom. The van der Waals surface area contributed by atoms with Crippen molar-refractivity contribution >= 4 is 5.78 Å². The van der Waals surface area contributed by atoms with Crippen molar-refractivity contribution in [3.05, 3.63) is 71.8 Å². The predicted molar refractivity (Wildman–Crippen MR) is 60.9 cm³/mol. The summed E-state index contributed by atoms with van der Waals surface area (Å²) in [6.07, 6.45) is 0.295. The first-order valence-electron chi connectivity index (χ1n) is 5.40. The Kier molecular flexibility index (Phi) is 2.56. The molecule has 0 fully saturated rings. The molecule has 2 aromatic rings. The maximum Gasteiger partial charge on any atom is 0.167 e. The van der Waals surface area contributed by atoms with E-state index in [9.17, 15) is 4.79 Å². The highest BCUT2D eigenvalue weighted by atomic mass is 16.1. The molecule has 0 atom stereocenters. The Labute approximate surface area is 90.8 Å². The van der Waals surface area contributed by atoms with Crippen molar-refractivity contribution in [3.63, 3.8) is 0 Å². The third kappa shape index (κ3) is 2.53. The highest BCUT2D eigenvalue weighted by molar-refractivity contribution is 5.97. The molecular formula is C14H12O. The van der Waals surface area contributed by atoms with Gasteiger partial charge in [0, 0.05) is 12.0 Å². The van der Waals surface area contributed by atoms with Crippen LogP contribution in [0.3, 0.4) is 0 Å². The van der Waals surface area contributed by atoms with Crippen molar-refractivity contribution in [2.75, 3.05) is 0 Å². The Balaban J connectivity index is 2.18. The lowest BCUT2D eigenvalue weighted by Gasteiger charge is -2.00. The van der Waals surface area contributed by atoms with Gasteiger partial charge in [0.2, 0.25) is 0 Å². The highest BCUT2D eigenvalue weighted by Gasteiger charge is 2.05. The second-order valence-electron chi connectivity index (χ2n) is 3.35. The molecule has 0 aliphatic carbocycles. The molecule has 74 valence electrons. The average Bonchev–Trinajstić information content (AvgIpc) is 2.33. The summed E-state index contributed by atoms with van der Waals surface area (Å²) in [5.41, 5.74) is 1.47. The summed E-state index contributed by atoms with van der Waals surface area (Å²) in [5.74, 6) is 0.0558. The van der Waals surface area contributed by atoms with Gasteiger partial charge < -0.3 is 0 Å². The van der Waals surface area contributed by atoms with Crippen LogP contribution in [0.25, 0.3) is 0 Å². The van der Waals surface area contributed by atoms with Gasteiger partial charge in [0.25, 0.3) is 0 Å². The van der Waals surface area contributed by atoms with Gasteiger partial charge in [-0.2, -0.15) is 0 Å². The largest absolute Gasteiger partial charge is 0.294 e. The zero-order valence-corrected chi connectivity index (χ0v) is 8.31. The zero-order chi connectivity index (χ0) is 11.4. The summed E-state index contributed by atoms with van der Waals surface area (Å²) < 4.78 is 7.67. The van der Waals surface area contributed by atoms with Gasteiger partial charge in [-0.05, 0) is 5.56 Å². The van der Waals surface area contributed by atoms with Gasteiger partial charge in [0.1, 0.15) is 0 Å².